The maximum absolute atomic E-state index is 4.83. The lowest BCUT2D eigenvalue weighted by molar-refractivity contribution is 0.250. The summed E-state index contributed by atoms with van der Waals surface area (Å²) in [6.45, 7) is 8.17. The van der Waals surface area contributed by atoms with Crippen molar-refractivity contribution in [2.45, 2.75) is 59.0 Å². The summed E-state index contributed by atoms with van der Waals surface area (Å²) in [6, 6.07) is 2.39. The molecule has 0 bridgehead atoms. The molecule has 0 aromatic carbocycles. The Morgan fingerprint density at radius 1 is 1.38 bits per heavy atom. The van der Waals surface area contributed by atoms with E-state index < -0.39 is 0 Å². The summed E-state index contributed by atoms with van der Waals surface area (Å²) < 4.78 is 4.83. The number of hydrogen-bond acceptors (Lipinski definition) is 3. The lowest BCUT2D eigenvalue weighted by Crippen LogP contribution is -2.45. The van der Waals surface area contributed by atoms with Gasteiger partial charge in [-0.25, -0.2) is 4.99 Å². The molecule has 2 N–H and O–H groups in total. The van der Waals surface area contributed by atoms with Gasteiger partial charge in [-0.1, -0.05) is 19.0 Å². The molecule has 1 heterocycles. The molecule has 1 aromatic heterocycles. The molecular formula is C16H28N4O. The van der Waals surface area contributed by atoms with Crippen LogP contribution in [0.2, 0.25) is 0 Å². The van der Waals surface area contributed by atoms with Gasteiger partial charge >= 0.3 is 0 Å². The fourth-order valence-electron chi connectivity index (χ4n) is 2.92. The van der Waals surface area contributed by atoms with E-state index in [1.807, 2.05) is 6.07 Å². The van der Waals surface area contributed by atoms with Gasteiger partial charge in [0.15, 0.2) is 5.96 Å². The first-order valence-electron chi connectivity index (χ1n) is 8.13. The molecule has 1 fully saturated rings. The first kappa shape index (κ1) is 15.9. The van der Waals surface area contributed by atoms with Crippen LogP contribution in [0.1, 0.15) is 52.1 Å². The van der Waals surface area contributed by atoms with Crippen molar-refractivity contribution >= 4 is 5.96 Å². The Morgan fingerprint density at radius 2 is 2.14 bits per heavy atom. The van der Waals surface area contributed by atoms with E-state index in [9.17, 15) is 0 Å². The van der Waals surface area contributed by atoms with Crippen LogP contribution in [-0.4, -0.2) is 23.7 Å². The van der Waals surface area contributed by atoms with E-state index in [0.29, 0.717) is 12.6 Å². The summed E-state index contributed by atoms with van der Waals surface area (Å²) >= 11 is 0. The average Bonchev–Trinajstić information content (AvgIpc) is 2.99. The molecule has 0 aliphatic heterocycles. The first-order valence-corrected chi connectivity index (χ1v) is 8.13. The van der Waals surface area contributed by atoms with Gasteiger partial charge in [0.1, 0.15) is 12.0 Å². The van der Waals surface area contributed by atoms with E-state index in [1.54, 1.807) is 6.26 Å². The Bertz CT molecular complexity index is 419. The molecule has 1 saturated carbocycles. The molecule has 1 aromatic rings. The van der Waals surface area contributed by atoms with Gasteiger partial charge in [-0.3, -0.25) is 0 Å². The minimum Gasteiger partial charge on any atom is -0.364 e. The Morgan fingerprint density at radius 3 is 2.71 bits per heavy atom. The van der Waals surface area contributed by atoms with Crippen LogP contribution in [0.3, 0.4) is 0 Å². The maximum atomic E-state index is 4.83. The largest absolute Gasteiger partial charge is 0.364 e. The van der Waals surface area contributed by atoms with Crippen molar-refractivity contribution in [2.75, 3.05) is 6.54 Å². The number of nitrogens with zero attached hydrogens (tertiary/aromatic N) is 2. The van der Waals surface area contributed by atoms with Gasteiger partial charge in [0.25, 0.3) is 0 Å². The smallest absolute Gasteiger partial charge is 0.191 e. The third kappa shape index (κ3) is 5.06. The zero-order valence-corrected chi connectivity index (χ0v) is 13.4. The average molecular weight is 292 g/mol. The highest BCUT2D eigenvalue weighted by Gasteiger charge is 2.23. The number of rotatable bonds is 5. The lowest BCUT2D eigenvalue weighted by Gasteiger charge is -2.32. The third-order valence-corrected chi connectivity index (χ3v) is 4.29. The van der Waals surface area contributed by atoms with Crippen LogP contribution >= 0.6 is 0 Å². The zero-order valence-electron chi connectivity index (χ0n) is 13.4. The van der Waals surface area contributed by atoms with Crippen molar-refractivity contribution in [3.05, 3.63) is 18.0 Å². The van der Waals surface area contributed by atoms with Gasteiger partial charge in [0, 0.05) is 18.7 Å². The minimum atomic E-state index is 0.537. The van der Waals surface area contributed by atoms with E-state index in [1.165, 1.54) is 25.7 Å². The predicted molar refractivity (Wildman–Crippen MR) is 85.0 cm³/mol. The molecule has 0 atom stereocenters. The van der Waals surface area contributed by atoms with E-state index in [2.05, 4.69) is 41.6 Å². The molecule has 0 amide bonds. The zero-order chi connectivity index (χ0) is 15.1. The number of aromatic nitrogens is 1. The second kappa shape index (κ2) is 8.05. The van der Waals surface area contributed by atoms with Crippen molar-refractivity contribution in [1.29, 1.82) is 0 Å². The van der Waals surface area contributed by atoms with Gasteiger partial charge in [0.2, 0.25) is 0 Å². The van der Waals surface area contributed by atoms with Crippen LogP contribution in [0, 0.1) is 11.8 Å². The van der Waals surface area contributed by atoms with Crippen LogP contribution in [0.5, 0.6) is 0 Å². The second-order valence-corrected chi connectivity index (χ2v) is 6.19. The molecule has 1 aliphatic carbocycles. The molecule has 0 radical (unpaired) electrons. The fourth-order valence-corrected chi connectivity index (χ4v) is 2.92. The van der Waals surface area contributed by atoms with Crippen molar-refractivity contribution in [2.24, 2.45) is 16.8 Å². The summed E-state index contributed by atoms with van der Waals surface area (Å²) in [5.74, 6) is 2.58. The fraction of sp³-hybridized carbons (Fsp3) is 0.750. The van der Waals surface area contributed by atoms with Gasteiger partial charge in [-0.05, 0) is 44.4 Å². The lowest BCUT2D eigenvalue weighted by atomic mass is 9.80. The topological polar surface area (TPSA) is 62.5 Å². The molecule has 2 rings (SSSR count). The van der Waals surface area contributed by atoms with Gasteiger partial charge in [-0.2, -0.15) is 0 Å². The standard InChI is InChI=1S/C16H28N4O/c1-4-17-16(18-11-15-9-10-21-20-15)19-14-7-5-13(6-8-14)12(2)3/h9-10,12-14H,4-8,11H2,1-3H3,(H2,17,18,19). The molecule has 0 saturated heterocycles. The van der Waals surface area contributed by atoms with Crippen molar-refractivity contribution in [1.82, 2.24) is 15.8 Å². The van der Waals surface area contributed by atoms with Crippen molar-refractivity contribution in [3.63, 3.8) is 0 Å². The van der Waals surface area contributed by atoms with Crippen LogP contribution < -0.4 is 10.6 Å². The monoisotopic (exact) mass is 292 g/mol. The molecule has 21 heavy (non-hydrogen) atoms. The van der Waals surface area contributed by atoms with E-state index in [-0.39, 0.29) is 0 Å². The Labute approximate surface area is 127 Å². The van der Waals surface area contributed by atoms with E-state index in [4.69, 9.17) is 4.52 Å². The molecule has 0 spiro atoms. The number of aliphatic imine (C=N–C) groups is 1. The second-order valence-electron chi connectivity index (χ2n) is 6.19. The first-order chi connectivity index (χ1) is 10.2. The third-order valence-electron chi connectivity index (χ3n) is 4.29. The summed E-state index contributed by atoms with van der Waals surface area (Å²) in [5.41, 5.74) is 0.857. The molecule has 5 nitrogen and oxygen atoms in total. The highest BCUT2D eigenvalue weighted by molar-refractivity contribution is 5.80. The van der Waals surface area contributed by atoms with E-state index >= 15 is 0 Å². The van der Waals surface area contributed by atoms with Gasteiger partial charge < -0.3 is 15.2 Å². The summed E-state index contributed by atoms with van der Waals surface area (Å²) in [6.07, 6.45) is 6.68. The maximum Gasteiger partial charge on any atom is 0.191 e. The van der Waals surface area contributed by atoms with Gasteiger partial charge in [-0.15, -0.1) is 0 Å². The van der Waals surface area contributed by atoms with Crippen LogP contribution in [0.4, 0.5) is 0 Å². The van der Waals surface area contributed by atoms with Crippen LogP contribution in [0.25, 0.3) is 0 Å². The number of hydrogen-bond donors (Lipinski definition) is 2. The van der Waals surface area contributed by atoms with Crippen LogP contribution in [-0.2, 0) is 6.54 Å². The van der Waals surface area contributed by atoms with Crippen LogP contribution in [0.15, 0.2) is 21.8 Å². The predicted octanol–water partition coefficient (Wildman–Crippen LogP) is 2.94. The number of nitrogens with one attached hydrogen (secondary N) is 2. The highest BCUT2D eigenvalue weighted by atomic mass is 16.5. The quantitative estimate of drug-likeness (QED) is 0.647. The minimum absolute atomic E-state index is 0.537. The number of guanidine groups is 1. The van der Waals surface area contributed by atoms with Crippen molar-refractivity contribution < 1.29 is 4.52 Å². The molecule has 1 aliphatic rings. The Balaban J connectivity index is 1.84. The molecule has 118 valence electrons. The summed E-state index contributed by atoms with van der Waals surface area (Å²) in [7, 11) is 0. The summed E-state index contributed by atoms with van der Waals surface area (Å²) in [5, 5.41) is 10.8. The summed E-state index contributed by atoms with van der Waals surface area (Å²) in [4.78, 5) is 4.58. The molecule has 5 heteroatoms. The van der Waals surface area contributed by atoms with E-state index in [0.717, 1.165) is 30.0 Å². The highest BCUT2D eigenvalue weighted by Crippen LogP contribution is 2.29. The molecule has 0 unspecified atom stereocenters. The molecular weight excluding hydrogens is 264 g/mol. The van der Waals surface area contributed by atoms with Gasteiger partial charge in [0.05, 0.1) is 6.54 Å². The normalized spacial score (nSPS) is 23.3. The van der Waals surface area contributed by atoms with Crippen molar-refractivity contribution in [3.8, 4) is 0 Å². The Kier molecular flexibility index (Phi) is 6.08. The Hall–Kier alpha value is -1.52. The SMILES string of the molecule is CCNC(=NCc1ccon1)NC1CCC(C(C)C)CC1.